The number of fused-ring (bicyclic) bond motifs is 1. The summed E-state index contributed by atoms with van der Waals surface area (Å²) in [6.45, 7) is 3.25. The van der Waals surface area contributed by atoms with Crippen molar-refractivity contribution >= 4 is 22.8 Å². The van der Waals surface area contributed by atoms with Crippen LogP contribution >= 0.6 is 0 Å². The van der Waals surface area contributed by atoms with E-state index >= 15 is 0 Å². The molecule has 0 radical (unpaired) electrons. The Balaban J connectivity index is 1.56. The SMILES string of the molecule is Cc1nc2cc(C(=O)OC(C)C(=O)c3ccc(F)c(F)c3)ccc2n1-c1ccccc1. The number of imidazole rings is 1. The van der Waals surface area contributed by atoms with E-state index in [2.05, 4.69) is 4.98 Å². The second-order valence-corrected chi connectivity index (χ2v) is 7.07. The van der Waals surface area contributed by atoms with Crippen LogP contribution in [0.15, 0.2) is 66.7 Å². The van der Waals surface area contributed by atoms with E-state index in [9.17, 15) is 18.4 Å². The van der Waals surface area contributed by atoms with Crippen LogP contribution in [0.25, 0.3) is 16.7 Å². The molecular formula is C24H18F2N2O3. The number of Topliss-reactive ketones (excluding diaryl/α,β-unsaturated/α-hetero) is 1. The van der Waals surface area contributed by atoms with Crippen LogP contribution < -0.4 is 0 Å². The van der Waals surface area contributed by atoms with E-state index < -0.39 is 29.5 Å². The van der Waals surface area contributed by atoms with Gasteiger partial charge in [-0.25, -0.2) is 18.6 Å². The summed E-state index contributed by atoms with van der Waals surface area (Å²) >= 11 is 0. The third-order valence-electron chi connectivity index (χ3n) is 4.93. The number of ketones is 1. The van der Waals surface area contributed by atoms with Gasteiger partial charge in [-0.2, -0.15) is 0 Å². The van der Waals surface area contributed by atoms with Gasteiger partial charge in [0.2, 0.25) is 5.78 Å². The fraction of sp³-hybridized carbons (Fsp3) is 0.125. The molecule has 0 saturated heterocycles. The molecule has 0 aliphatic rings. The van der Waals surface area contributed by atoms with Crippen molar-refractivity contribution < 1.29 is 23.1 Å². The predicted octanol–water partition coefficient (Wildman–Crippen LogP) is 5.04. The van der Waals surface area contributed by atoms with Gasteiger partial charge in [-0.1, -0.05) is 18.2 Å². The number of hydrogen-bond donors (Lipinski definition) is 0. The summed E-state index contributed by atoms with van der Waals surface area (Å²) in [5, 5.41) is 0. The monoisotopic (exact) mass is 420 g/mol. The Morgan fingerprint density at radius 3 is 2.35 bits per heavy atom. The second kappa shape index (κ2) is 8.10. The molecule has 0 N–H and O–H groups in total. The highest BCUT2D eigenvalue weighted by Gasteiger charge is 2.22. The lowest BCUT2D eigenvalue weighted by molar-refractivity contribution is 0.0319. The summed E-state index contributed by atoms with van der Waals surface area (Å²) in [5.41, 5.74) is 2.53. The van der Waals surface area contributed by atoms with Crippen molar-refractivity contribution in [2.75, 3.05) is 0 Å². The van der Waals surface area contributed by atoms with Crippen LogP contribution in [0.2, 0.25) is 0 Å². The zero-order chi connectivity index (χ0) is 22.1. The summed E-state index contributed by atoms with van der Waals surface area (Å²) in [7, 11) is 0. The fourth-order valence-corrected chi connectivity index (χ4v) is 3.40. The average Bonchev–Trinajstić information content (AvgIpc) is 3.10. The largest absolute Gasteiger partial charge is 0.451 e. The number of hydrogen-bond acceptors (Lipinski definition) is 4. The zero-order valence-corrected chi connectivity index (χ0v) is 16.8. The van der Waals surface area contributed by atoms with Crippen LogP contribution in [0.5, 0.6) is 0 Å². The number of aryl methyl sites for hydroxylation is 1. The molecule has 0 spiro atoms. The third kappa shape index (κ3) is 3.94. The Kier molecular flexibility index (Phi) is 5.33. The van der Waals surface area contributed by atoms with Gasteiger partial charge in [0.1, 0.15) is 5.82 Å². The molecule has 3 aromatic carbocycles. The molecule has 0 amide bonds. The number of carbonyl (C=O) groups is 2. The smallest absolute Gasteiger partial charge is 0.338 e. The standard InChI is InChI=1S/C24H18F2N2O3/c1-14(23(29)16-8-10-19(25)20(26)12-16)31-24(30)17-9-11-22-21(13-17)27-15(2)28(22)18-6-4-3-5-7-18/h3-14H,1-2H3. The number of rotatable bonds is 5. The van der Waals surface area contributed by atoms with Crippen LogP contribution in [0, 0.1) is 18.6 Å². The first kappa shape index (κ1) is 20.4. The van der Waals surface area contributed by atoms with Gasteiger partial charge >= 0.3 is 5.97 Å². The highest BCUT2D eigenvalue weighted by Crippen LogP contribution is 2.23. The average molecular weight is 420 g/mol. The number of ether oxygens (including phenoxy) is 1. The Labute approximate surface area is 176 Å². The van der Waals surface area contributed by atoms with Gasteiger partial charge in [-0.3, -0.25) is 9.36 Å². The van der Waals surface area contributed by atoms with E-state index in [4.69, 9.17) is 4.74 Å². The number of halogens is 2. The molecule has 1 aromatic heterocycles. The molecule has 4 aromatic rings. The zero-order valence-electron chi connectivity index (χ0n) is 16.8. The number of nitrogens with zero attached hydrogens (tertiary/aromatic N) is 2. The van der Waals surface area contributed by atoms with Crippen LogP contribution in [0.3, 0.4) is 0 Å². The summed E-state index contributed by atoms with van der Waals surface area (Å²) in [6, 6.07) is 17.5. The lowest BCUT2D eigenvalue weighted by Crippen LogP contribution is -2.24. The quantitative estimate of drug-likeness (QED) is 0.335. The maximum Gasteiger partial charge on any atom is 0.338 e. The van der Waals surface area contributed by atoms with Crippen LogP contribution in [-0.4, -0.2) is 27.4 Å². The topological polar surface area (TPSA) is 61.2 Å². The molecule has 7 heteroatoms. The lowest BCUT2D eigenvalue weighted by atomic mass is 10.1. The van der Waals surface area contributed by atoms with Crippen LogP contribution in [0.4, 0.5) is 8.78 Å². The molecule has 0 saturated carbocycles. The van der Waals surface area contributed by atoms with Gasteiger partial charge in [0.25, 0.3) is 0 Å². The fourth-order valence-electron chi connectivity index (χ4n) is 3.40. The van der Waals surface area contributed by atoms with Gasteiger partial charge in [0.15, 0.2) is 17.7 Å². The summed E-state index contributed by atoms with van der Waals surface area (Å²) in [4.78, 5) is 29.5. The molecule has 0 aliphatic carbocycles. The van der Waals surface area contributed by atoms with Crippen molar-refractivity contribution in [3.8, 4) is 5.69 Å². The molecule has 1 atom stereocenters. The van der Waals surface area contributed by atoms with Crippen molar-refractivity contribution in [3.05, 3.63) is 95.3 Å². The Hall–Kier alpha value is -3.87. The van der Waals surface area contributed by atoms with Crippen LogP contribution in [-0.2, 0) is 4.74 Å². The second-order valence-electron chi connectivity index (χ2n) is 7.07. The van der Waals surface area contributed by atoms with E-state index in [0.29, 0.717) is 5.52 Å². The van der Waals surface area contributed by atoms with Crippen molar-refractivity contribution in [3.63, 3.8) is 0 Å². The molecule has 156 valence electrons. The van der Waals surface area contributed by atoms with Crippen molar-refractivity contribution in [1.82, 2.24) is 9.55 Å². The maximum absolute atomic E-state index is 13.4. The molecule has 0 bridgehead atoms. The van der Waals surface area contributed by atoms with E-state index in [1.807, 2.05) is 41.8 Å². The van der Waals surface area contributed by atoms with Crippen molar-refractivity contribution in [2.45, 2.75) is 20.0 Å². The van der Waals surface area contributed by atoms with Gasteiger partial charge < -0.3 is 4.74 Å². The number of esters is 1. The van der Waals surface area contributed by atoms with E-state index in [0.717, 1.165) is 35.2 Å². The van der Waals surface area contributed by atoms with Crippen molar-refractivity contribution in [1.29, 1.82) is 0 Å². The maximum atomic E-state index is 13.4. The molecule has 0 fully saturated rings. The normalized spacial score (nSPS) is 12.0. The van der Waals surface area contributed by atoms with E-state index in [1.54, 1.807) is 18.2 Å². The third-order valence-corrected chi connectivity index (χ3v) is 4.93. The molecule has 1 heterocycles. The van der Waals surface area contributed by atoms with Gasteiger partial charge in [0, 0.05) is 11.3 Å². The van der Waals surface area contributed by atoms with Gasteiger partial charge in [-0.15, -0.1) is 0 Å². The number of para-hydroxylation sites is 1. The minimum absolute atomic E-state index is 0.0770. The first-order valence-corrected chi connectivity index (χ1v) is 9.60. The summed E-state index contributed by atoms with van der Waals surface area (Å²) in [6.07, 6.45) is -1.17. The van der Waals surface area contributed by atoms with Gasteiger partial charge in [-0.05, 0) is 62.4 Å². The predicted molar refractivity (Wildman–Crippen MR) is 111 cm³/mol. The van der Waals surface area contributed by atoms with Crippen molar-refractivity contribution in [2.24, 2.45) is 0 Å². The highest BCUT2D eigenvalue weighted by atomic mass is 19.2. The van der Waals surface area contributed by atoms with Crippen LogP contribution in [0.1, 0.15) is 33.5 Å². The van der Waals surface area contributed by atoms with E-state index in [-0.39, 0.29) is 11.1 Å². The molecule has 31 heavy (non-hydrogen) atoms. The Morgan fingerprint density at radius 2 is 1.65 bits per heavy atom. The molecule has 5 nitrogen and oxygen atoms in total. The Bertz CT molecular complexity index is 1300. The number of benzene rings is 3. The first-order chi connectivity index (χ1) is 14.8. The highest BCUT2D eigenvalue weighted by molar-refractivity contribution is 6.02. The first-order valence-electron chi connectivity index (χ1n) is 9.60. The lowest BCUT2D eigenvalue weighted by Gasteiger charge is -2.13. The molecular weight excluding hydrogens is 402 g/mol. The van der Waals surface area contributed by atoms with Gasteiger partial charge in [0.05, 0.1) is 16.6 Å². The summed E-state index contributed by atoms with van der Waals surface area (Å²) in [5.74, 6) is -2.78. The number of carbonyl (C=O) groups excluding carboxylic acids is 2. The molecule has 4 rings (SSSR count). The van der Waals surface area contributed by atoms with E-state index in [1.165, 1.54) is 6.92 Å². The Morgan fingerprint density at radius 1 is 0.935 bits per heavy atom. The molecule has 1 unspecified atom stereocenters. The minimum Gasteiger partial charge on any atom is -0.451 e. The number of aromatic nitrogens is 2. The summed E-state index contributed by atoms with van der Waals surface area (Å²) < 4.78 is 33.7. The minimum atomic E-state index is -1.17. The molecule has 0 aliphatic heterocycles.